The predicted octanol–water partition coefficient (Wildman–Crippen LogP) is 6.66. The number of halogens is 1. The maximum atomic E-state index is 14.7. The van der Waals surface area contributed by atoms with E-state index in [-0.39, 0.29) is 17.3 Å². The first kappa shape index (κ1) is 24.6. The second-order valence-corrected chi connectivity index (χ2v) is 10.9. The molecule has 40 heavy (non-hydrogen) atoms. The van der Waals surface area contributed by atoms with Gasteiger partial charge in [-0.15, -0.1) is 0 Å². The van der Waals surface area contributed by atoms with Crippen molar-refractivity contribution in [2.45, 2.75) is 18.0 Å². The smallest absolute Gasteiger partial charge is 0.185 e. The number of carbonyl (C=O) groups excluding carboxylic acids is 3. The van der Waals surface area contributed by atoms with Gasteiger partial charge in [0.2, 0.25) is 0 Å². The Morgan fingerprint density at radius 1 is 0.850 bits per heavy atom. The molecule has 1 spiro atoms. The van der Waals surface area contributed by atoms with Crippen LogP contribution in [0, 0.1) is 5.41 Å². The molecule has 3 aliphatic rings. The third kappa shape index (κ3) is 3.24. The molecule has 3 atom stereocenters. The Morgan fingerprint density at radius 2 is 1.55 bits per heavy atom. The van der Waals surface area contributed by atoms with Gasteiger partial charge in [0.1, 0.15) is 17.2 Å². The average Bonchev–Trinajstić information content (AvgIpc) is 3.43. The lowest BCUT2D eigenvalue weighted by Gasteiger charge is -2.37. The molecule has 0 unspecified atom stereocenters. The Balaban J connectivity index is 1.56. The molecule has 196 valence electrons. The highest BCUT2D eigenvalue weighted by Gasteiger charge is 2.71. The first-order valence-corrected chi connectivity index (χ1v) is 13.5. The minimum Gasteiger partial charge on any atom is -0.497 e. The van der Waals surface area contributed by atoms with Gasteiger partial charge in [-0.1, -0.05) is 90.5 Å². The lowest BCUT2D eigenvalue weighted by molar-refractivity contribution is 0.0665. The van der Waals surface area contributed by atoms with Gasteiger partial charge in [-0.25, -0.2) is 0 Å². The van der Waals surface area contributed by atoms with Gasteiger partial charge in [0.05, 0.1) is 13.2 Å². The average molecular weight is 546 g/mol. The van der Waals surface area contributed by atoms with Crippen molar-refractivity contribution in [2.75, 3.05) is 12.0 Å². The van der Waals surface area contributed by atoms with Gasteiger partial charge in [0.15, 0.2) is 17.3 Å². The molecule has 0 saturated carbocycles. The zero-order chi connectivity index (χ0) is 27.6. The summed E-state index contributed by atoms with van der Waals surface area (Å²) in [4.78, 5) is 45.9. The molecule has 0 aromatic heterocycles. The van der Waals surface area contributed by atoms with Crippen LogP contribution in [0.5, 0.6) is 5.75 Å². The van der Waals surface area contributed by atoms with E-state index >= 15 is 0 Å². The van der Waals surface area contributed by atoms with Gasteiger partial charge in [0.25, 0.3) is 0 Å². The maximum Gasteiger partial charge on any atom is 0.185 e. The summed E-state index contributed by atoms with van der Waals surface area (Å²) in [6.07, 6.45) is 3.80. The molecular formula is C34H24ClNO4. The molecule has 1 fully saturated rings. The third-order valence-corrected chi connectivity index (χ3v) is 8.78. The van der Waals surface area contributed by atoms with Crippen molar-refractivity contribution >= 4 is 40.7 Å². The Bertz CT molecular complexity index is 1710. The number of Topliss-reactive ketones (excluding diaryl/α,β-unsaturated/α-hetero) is 3. The fourth-order valence-corrected chi connectivity index (χ4v) is 7.11. The summed E-state index contributed by atoms with van der Waals surface area (Å²) >= 11 is 6.36. The molecule has 0 amide bonds. The van der Waals surface area contributed by atoms with Gasteiger partial charge < -0.3 is 9.64 Å². The summed E-state index contributed by atoms with van der Waals surface area (Å²) in [7, 11) is 1.57. The van der Waals surface area contributed by atoms with Crippen molar-refractivity contribution in [3.63, 3.8) is 0 Å². The van der Waals surface area contributed by atoms with Crippen LogP contribution in [-0.4, -0.2) is 36.5 Å². The Hall–Kier alpha value is -4.48. The molecule has 0 radical (unpaired) electrons. The number of methoxy groups -OCH3 is 1. The molecule has 4 aromatic rings. The highest BCUT2D eigenvalue weighted by Crippen LogP contribution is 2.61. The van der Waals surface area contributed by atoms with Crippen molar-refractivity contribution in [3.8, 4) is 5.75 Å². The largest absolute Gasteiger partial charge is 0.497 e. The van der Waals surface area contributed by atoms with E-state index < -0.39 is 23.4 Å². The second kappa shape index (κ2) is 9.04. The van der Waals surface area contributed by atoms with E-state index in [9.17, 15) is 14.4 Å². The number of anilines is 1. The molecule has 0 bridgehead atoms. The Kier molecular flexibility index (Phi) is 5.55. The monoisotopic (exact) mass is 545 g/mol. The van der Waals surface area contributed by atoms with Gasteiger partial charge >= 0.3 is 0 Å². The first-order chi connectivity index (χ1) is 19.5. The van der Waals surface area contributed by atoms with E-state index in [4.69, 9.17) is 16.3 Å². The lowest BCUT2D eigenvalue weighted by Crippen LogP contribution is -2.48. The highest BCUT2D eigenvalue weighted by molar-refractivity contribution is 6.32. The van der Waals surface area contributed by atoms with Crippen LogP contribution in [-0.2, 0) is 0 Å². The number of carbonyl (C=O) groups is 3. The predicted molar refractivity (Wildman–Crippen MR) is 155 cm³/mol. The fourth-order valence-electron chi connectivity index (χ4n) is 6.93. The first-order valence-electron chi connectivity index (χ1n) is 13.1. The molecule has 2 aliphatic heterocycles. The third-order valence-electron chi connectivity index (χ3n) is 8.55. The summed E-state index contributed by atoms with van der Waals surface area (Å²) in [5, 5.41) is 0.562. The van der Waals surface area contributed by atoms with E-state index in [0.29, 0.717) is 33.0 Å². The molecule has 1 aliphatic carbocycles. The van der Waals surface area contributed by atoms with E-state index in [1.807, 2.05) is 71.6 Å². The number of nitrogens with zero attached hydrogens (tertiary/aromatic N) is 1. The maximum absolute atomic E-state index is 14.7. The van der Waals surface area contributed by atoms with Crippen molar-refractivity contribution in [3.05, 3.63) is 136 Å². The van der Waals surface area contributed by atoms with Crippen LogP contribution < -0.4 is 9.64 Å². The summed E-state index contributed by atoms with van der Waals surface area (Å²) in [5.74, 6) is -0.897. The van der Waals surface area contributed by atoms with Gasteiger partial charge in [-0.2, -0.15) is 0 Å². The summed E-state index contributed by atoms with van der Waals surface area (Å²) in [6.45, 7) is 0. The normalized spacial score (nSPS) is 21.8. The minimum absolute atomic E-state index is 0.164. The fraction of sp³-hybridized carbons (Fsp3) is 0.147. The standard InChI is InChI=1S/C34H24ClNO4/c1-40-24-11-7-10-22(19-24)29-30(31(37)20-8-3-2-4-9-20)36-27-16-15-23(35)18-21(27)14-17-28(36)34(29)32(38)25-12-5-6-13-26(25)33(34)39/h2-19,28-30H,1H3/t28-,29-,30+/m1/s1. The van der Waals surface area contributed by atoms with Crippen molar-refractivity contribution < 1.29 is 19.1 Å². The number of hydrogen-bond acceptors (Lipinski definition) is 5. The highest BCUT2D eigenvalue weighted by atomic mass is 35.5. The van der Waals surface area contributed by atoms with Gasteiger partial charge in [0, 0.05) is 33.3 Å². The van der Waals surface area contributed by atoms with Crippen molar-refractivity contribution in [2.24, 2.45) is 5.41 Å². The quantitative estimate of drug-likeness (QED) is 0.212. The minimum atomic E-state index is -1.56. The number of rotatable bonds is 4. The number of ketones is 3. The van der Waals surface area contributed by atoms with E-state index in [1.165, 1.54) is 0 Å². The van der Waals surface area contributed by atoms with Gasteiger partial charge in [-0.3, -0.25) is 14.4 Å². The Labute approximate surface area is 236 Å². The van der Waals surface area contributed by atoms with Crippen LogP contribution in [0.4, 0.5) is 5.69 Å². The number of fused-ring (bicyclic) bond motifs is 5. The zero-order valence-electron chi connectivity index (χ0n) is 21.6. The van der Waals surface area contributed by atoms with Crippen LogP contribution in [0.25, 0.3) is 6.08 Å². The van der Waals surface area contributed by atoms with Crippen LogP contribution in [0.15, 0.2) is 103 Å². The van der Waals surface area contributed by atoms with Crippen LogP contribution in [0.3, 0.4) is 0 Å². The van der Waals surface area contributed by atoms with E-state index in [1.54, 1.807) is 49.6 Å². The summed E-state index contributed by atoms with van der Waals surface area (Å²) < 4.78 is 5.55. The van der Waals surface area contributed by atoms with Crippen molar-refractivity contribution in [1.29, 1.82) is 0 Å². The Morgan fingerprint density at radius 3 is 2.25 bits per heavy atom. The number of benzene rings is 4. The molecule has 0 N–H and O–H groups in total. The molecule has 6 heteroatoms. The molecular weight excluding hydrogens is 522 g/mol. The molecule has 7 rings (SSSR count). The van der Waals surface area contributed by atoms with Crippen LogP contribution in [0.1, 0.15) is 48.1 Å². The van der Waals surface area contributed by atoms with Gasteiger partial charge in [-0.05, 0) is 41.5 Å². The zero-order valence-corrected chi connectivity index (χ0v) is 22.3. The second-order valence-electron chi connectivity index (χ2n) is 10.4. The lowest BCUT2D eigenvalue weighted by atomic mass is 9.64. The van der Waals surface area contributed by atoms with Crippen molar-refractivity contribution in [1.82, 2.24) is 0 Å². The topological polar surface area (TPSA) is 63.7 Å². The molecule has 2 heterocycles. The summed E-state index contributed by atoms with van der Waals surface area (Å²) in [5.41, 5.74) is 2.02. The summed E-state index contributed by atoms with van der Waals surface area (Å²) in [6, 6.07) is 27.3. The van der Waals surface area contributed by atoms with E-state index in [0.717, 1.165) is 11.3 Å². The molecule has 1 saturated heterocycles. The molecule has 4 aromatic carbocycles. The number of ether oxygens (including phenoxy) is 1. The number of hydrogen-bond donors (Lipinski definition) is 0. The SMILES string of the molecule is COc1cccc([C@@H]2[C@@H](C(=O)c3ccccc3)N3c4ccc(Cl)cc4C=C[C@@H]3C23C(=O)c2ccccc2C3=O)c1. The van der Waals surface area contributed by atoms with Crippen LogP contribution in [0.2, 0.25) is 5.02 Å². The molecule has 5 nitrogen and oxygen atoms in total. The van der Waals surface area contributed by atoms with Crippen LogP contribution >= 0.6 is 11.6 Å². The van der Waals surface area contributed by atoms with E-state index in [2.05, 4.69) is 0 Å².